The van der Waals surface area contributed by atoms with Crippen molar-refractivity contribution in [2.45, 2.75) is 101 Å². The van der Waals surface area contributed by atoms with E-state index in [4.69, 9.17) is 10.00 Å². The summed E-state index contributed by atoms with van der Waals surface area (Å²) >= 11 is 0. The highest BCUT2D eigenvalue weighted by Crippen LogP contribution is 2.57. The molecule has 3 amide bonds. The topological polar surface area (TPSA) is 163 Å². The molecule has 0 spiro atoms. The van der Waals surface area contributed by atoms with Crippen LogP contribution in [0.3, 0.4) is 0 Å². The lowest BCUT2D eigenvalue weighted by Gasteiger charge is -2.30. The van der Waals surface area contributed by atoms with E-state index in [0.717, 1.165) is 19.3 Å². The number of allylic oxidation sites excluding steroid dienone is 2. The zero-order valence-electron chi connectivity index (χ0n) is 24.9. The Morgan fingerprint density at radius 2 is 1.79 bits per heavy atom. The third-order valence-electron chi connectivity index (χ3n) is 8.23. The van der Waals surface area contributed by atoms with E-state index in [1.165, 1.54) is 29.2 Å². The molecule has 4 atom stereocenters. The maximum Gasteiger partial charge on any atom is 0.408 e. The molecule has 3 aliphatic rings. The van der Waals surface area contributed by atoms with Crippen molar-refractivity contribution < 1.29 is 32.3 Å². The molecular weight excluding hydrogens is 572 g/mol. The smallest absolute Gasteiger partial charge is 0.408 e. The van der Waals surface area contributed by atoms with Gasteiger partial charge in [0, 0.05) is 13.0 Å². The predicted molar refractivity (Wildman–Crippen MR) is 157 cm³/mol. The second-order valence-corrected chi connectivity index (χ2v) is 14.3. The van der Waals surface area contributed by atoms with Crippen LogP contribution in [0.15, 0.2) is 41.3 Å². The molecular formula is C31H40N4O7S. The SMILES string of the molecule is CC(C)(C)OC(=O)N[C@H]1CCCCC/C=C\[C@@H]2C[C@@]2(C(=O)NS(=O)(=O)c2ccc(C#N)cc2)CC(=O)[C@@H]2CCCN2C1=O. The number of benzene rings is 1. The second kappa shape index (κ2) is 12.9. The average molecular weight is 613 g/mol. The van der Waals surface area contributed by atoms with Crippen LogP contribution in [0.4, 0.5) is 4.79 Å². The first-order valence-electron chi connectivity index (χ1n) is 14.8. The van der Waals surface area contributed by atoms with Crippen LogP contribution in [0.1, 0.15) is 84.1 Å². The second-order valence-electron chi connectivity index (χ2n) is 12.6. The fourth-order valence-corrected chi connectivity index (χ4v) is 6.93. The van der Waals surface area contributed by atoms with Gasteiger partial charge in [-0.15, -0.1) is 0 Å². The van der Waals surface area contributed by atoms with Crippen molar-refractivity contribution >= 4 is 33.7 Å². The van der Waals surface area contributed by atoms with Crippen LogP contribution in [0.2, 0.25) is 0 Å². The maximum atomic E-state index is 13.8. The number of amides is 3. The number of Topliss-reactive ketones (excluding diaryl/α,β-unsaturated/α-hetero) is 1. The Balaban J connectivity index is 1.56. The van der Waals surface area contributed by atoms with Crippen molar-refractivity contribution in [1.29, 1.82) is 5.26 Å². The molecule has 232 valence electrons. The van der Waals surface area contributed by atoms with Gasteiger partial charge in [0.15, 0.2) is 5.78 Å². The number of hydrogen-bond donors (Lipinski definition) is 2. The molecule has 2 heterocycles. The molecule has 0 radical (unpaired) electrons. The van der Waals surface area contributed by atoms with Crippen LogP contribution < -0.4 is 10.0 Å². The quantitative estimate of drug-likeness (QED) is 0.486. The number of carbonyl (C=O) groups excluding carboxylic acids is 4. The van der Waals surface area contributed by atoms with Crippen molar-refractivity contribution in [3.05, 3.63) is 42.0 Å². The number of fused-ring (bicyclic) bond motifs is 2. The normalized spacial score (nSPS) is 27.4. The lowest BCUT2D eigenvalue weighted by Crippen LogP contribution is -2.52. The number of rotatable bonds is 4. The van der Waals surface area contributed by atoms with Gasteiger partial charge in [0.05, 0.1) is 28.0 Å². The summed E-state index contributed by atoms with van der Waals surface area (Å²) in [5, 5.41) is 11.7. The van der Waals surface area contributed by atoms with Crippen molar-refractivity contribution in [2.75, 3.05) is 6.54 Å². The molecule has 0 unspecified atom stereocenters. The average Bonchev–Trinajstić information content (AvgIpc) is 3.40. The predicted octanol–water partition coefficient (Wildman–Crippen LogP) is 3.73. The van der Waals surface area contributed by atoms with E-state index < -0.39 is 45.1 Å². The Morgan fingerprint density at radius 1 is 1.07 bits per heavy atom. The van der Waals surface area contributed by atoms with E-state index >= 15 is 0 Å². The standard InChI is InChI=1S/C31H40N4O7S/c1-30(2,3)42-29(39)33-24-11-8-6-4-5-7-10-22-18-31(22,19-26(36)25-12-9-17-35(25)27(24)37)28(38)34-43(40,41)23-15-13-21(20-32)14-16-23/h7,10,13-16,22,24-25H,4-6,8-9,11-12,17-19H2,1-3H3,(H,33,39)(H,34,38)/b10-7-/t22-,24+,25+,31-/m1/s1. The Hall–Kier alpha value is -3.72. The van der Waals surface area contributed by atoms with Crippen LogP contribution >= 0.6 is 0 Å². The first-order chi connectivity index (χ1) is 20.3. The first kappa shape index (κ1) is 32.2. The van der Waals surface area contributed by atoms with Gasteiger partial charge in [-0.05, 0) is 89.5 Å². The van der Waals surface area contributed by atoms with Gasteiger partial charge in [0.1, 0.15) is 11.6 Å². The zero-order chi connectivity index (χ0) is 31.4. The van der Waals surface area contributed by atoms with Gasteiger partial charge < -0.3 is 15.0 Å². The summed E-state index contributed by atoms with van der Waals surface area (Å²) in [6.07, 6.45) is 7.72. The molecule has 2 N–H and O–H groups in total. The number of sulfonamides is 1. The van der Waals surface area contributed by atoms with E-state index in [-0.39, 0.29) is 34.5 Å². The molecule has 43 heavy (non-hydrogen) atoms. The molecule has 2 fully saturated rings. The summed E-state index contributed by atoms with van der Waals surface area (Å²) in [7, 11) is -4.25. The Labute approximate surface area is 253 Å². The lowest BCUT2D eigenvalue weighted by atomic mass is 9.91. The summed E-state index contributed by atoms with van der Waals surface area (Å²) in [6, 6.07) is 5.50. The summed E-state index contributed by atoms with van der Waals surface area (Å²) < 4.78 is 33.6. The lowest BCUT2D eigenvalue weighted by molar-refractivity contribution is -0.140. The van der Waals surface area contributed by atoms with Crippen molar-refractivity contribution in [3.63, 3.8) is 0 Å². The van der Waals surface area contributed by atoms with E-state index in [1.54, 1.807) is 20.8 Å². The Bertz CT molecular complexity index is 1430. The monoisotopic (exact) mass is 612 g/mol. The van der Waals surface area contributed by atoms with Gasteiger partial charge in [0.2, 0.25) is 11.8 Å². The molecule has 1 saturated heterocycles. The highest BCUT2D eigenvalue weighted by molar-refractivity contribution is 7.90. The number of ether oxygens (including phenoxy) is 1. The number of nitrogens with one attached hydrogen (secondary N) is 2. The minimum atomic E-state index is -4.25. The Morgan fingerprint density at radius 3 is 2.47 bits per heavy atom. The molecule has 1 aromatic carbocycles. The number of carbonyl (C=O) groups is 4. The van der Waals surface area contributed by atoms with Crippen LogP contribution in [0.5, 0.6) is 0 Å². The van der Waals surface area contributed by atoms with Gasteiger partial charge in [-0.2, -0.15) is 5.26 Å². The largest absolute Gasteiger partial charge is 0.444 e. The molecule has 1 aliphatic carbocycles. The minimum Gasteiger partial charge on any atom is -0.444 e. The van der Waals surface area contributed by atoms with Crippen LogP contribution in [-0.2, 0) is 29.1 Å². The van der Waals surface area contributed by atoms with Gasteiger partial charge in [-0.25, -0.2) is 17.9 Å². The van der Waals surface area contributed by atoms with Crippen LogP contribution in [-0.4, -0.2) is 61.2 Å². The fraction of sp³-hybridized carbons (Fsp3) is 0.581. The molecule has 1 aromatic rings. The summed E-state index contributed by atoms with van der Waals surface area (Å²) in [5.74, 6) is -1.74. The molecule has 2 aliphatic heterocycles. The fourth-order valence-electron chi connectivity index (χ4n) is 5.87. The van der Waals surface area contributed by atoms with Gasteiger partial charge in [0.25, 0.3) is 10.0 Å². The molecule has 1 saturated carbocycles. The zero-order valence-corrected chi connectivity index (χ0v) is 25.7. The minimum absolute atomic E-state index is 0.163. The number of ketones is 1. The number of hydrogen-bond acceptors (Lipinski definition) is 8. The third-order valence-corrected chi connectivity index (χ3v) is 9.57. The number of nitriles is 1. The van der Waals surface area contributed by atoms with Gasteiger partial charge in [-0.1, -0.05) is 25.0 Å². The van der Waals surface area contributed by atoms with Crippen LogP contribution in [0.25, 0.3) is 0 Å². The molecule has 11 nitrogen and oxygen atoms in total. The van der Waals surface area contributed by atoms with Gasteiger partial charge in [-0.3, -0.25) is 14.4 Å². The third kappa shape index (κ3) is 7.82. The highest BCUT2D eigenvalue weighted by atomic mass is 32.2. The maximum absolute atomic E-state index is 13.8. The summed E-state index contributed by atoms with van der Waals surface area (Å²) in [4.78, 5) is 55.0. The van der Waals surface area contributed by atoms with Crippen molar-refractivity contribution in [1.82, 2.24) is 14.9 Å². The number of alkyl carbamates (subject to hydrolysis) is 1. The van der Waals surface area contributed by atoms with Gasteiger partial charge >= 0.3 is 6.09 Å². The van der Waals surface area contributed by atoms with E-state index in [1.807, 2.05) is 18.2 Å². The van der Waals surface area contributed by atoms with Crippen molar-refractivity contribution in [3.8, 4) is 6.07 Å². The van der Waals surface area contributed by atoms with E-state index in [0.29, 0.717) is 38.6 Å². The Kier molecular flexibility index (Phi) is 9.64. The van der Waals surface area contributed by atoms with Crippen molar-refractivity contribution in [2.24, 2.45) is 11.3 Å². The first-order valence-corrected chi connectivity index (χ1v) is 16.3. The molecule has 0 bridgehead atoms. The highest BCUT2D eigenvalue weighted by Gasteiger charge is 2.61. The molecule has 4 rings (SSSR count). The van der Waals surface area contributed by atoms with E-state index in [2.05, 4.69) is 10.0 Å². The summed E-state index contributed by atoms with van der Waals surface area (Å²) in [5.41, 5.74) is -1.71. The molecule has 0 aromatic heterocycles. The number of nitrogens with zero attached hydrogens (tertiary/aromatic N) is 2. The summed E-state index contributed by atoms with van der Waals surface area (Å²) in [6.45, 7) is 5.55. The van der Waals surface area contributed by atoms with E-state index in [9.17, 15) is 27.6 Å². The molecule has 12 heteroatoms. The van der Waals surface area contributed by atoms with Crippen LogP contribution in [0, 0.1) is 22.7 Å².